The van der Waals surface area contributed by atoms with Gasteiger partial charge >= 0.3 is 5.97 Å². The third kappa shape index (κ3) is 2.70. The molecule has 0 heterocycles. The maximum atomic E-state index is 12.1. The van der Waals surface area contributed by atoms with Gasteiger partial charge in [-0.2, -0.15) is 0 Å². The SMILES string of the molecule is CCOC(=O)CCC(=O)NC1C2(C)CCC(C2)C1(C)C. The van der Waals surface area contributed by atoms with Crippen LogP contribution in [0.15, 0.2) is 0 Å². The molecule has 1 amide bonds. The monoisotopic (exact) mass is 281 g/mol. The Hall–Kier alpha value is -1.06. The van der Waals surface area contributed by atoms with Crippen molar-refractivity contribution in [2.45, 2.75) is 65.8 Å². The van der Waals surface area contributed by atoms with Gasteiger partial charge < -0.3 is 10.1 Å². The standard InChI is InChI=1S/C16H27NO3/c1-5-20-13(19)7-6-12(18)17-14-15(2,3)11-8-9-16(14,4)10-11/h11,14H,5-10H2,1-4H3,(H,17,18). The minimum Gasteiger partial charge on any atom is -0.466 e. The van der Waals surface area contributed by atoms with Crippen LogP contribution in [0.5, 0.6) is 0 Å². The molecule has 4 heteroatoms. The molecule has 2 rings (SSSR count). The topological polar surface area (TPSA) is 55.4 Å². The summed E-state index contributed by atoms with van der Waals surface area (Å²) in [7, 11) is 0. The first-order valence-electron chi connectivity index (χ1n) is 7.74. The van der Waals surface area contributed by atoms with Crippen molar-refractivity contribution in [2.75, 3.05) is 6.61 Å². The first-order chi connectivity index (χ1) is 9.29. The third-order valence-electron chi connectivity index (χ3n) is 5.44. The van der Waals surface area contributed by atoms with E-state index in [4.69, 9.17) is 4.74 Å². The average molecular weight is 281 g/mol. The van der Waals surface area contributed by atoms with Crippen molar-refractivity contribution in [3.63, 3.8) is 0 Å². The molecule has 0 aliphatic heterocycles. The Balaban J connectivity index is 1.89. The highest BCUT2D eigenvalue weighted by molar-refractivity contribution is 5.81. The van der Waals surface area contributed by atoms with Crippen molar-refractivity contribution in [1.29, 1.82) is 0 Å². The predicted octanol–water partition coefficient (Wildman–Crippen LogP) is 2.66. The Morgan fingerprint density at radius 3 is 2.50 bits per heavy atom. The smallest absolute Gasteiger partial charge is 0.306 e. The van der Waals surface area contributed by atoms with Crippen LogP contribution in [-0.2, 0) is 14.3 Å². The molecule has 2 bridgehead atoms. The molecule has 20 heavy (non-hydrogen) atoms. The minimum atomic E-state index is -0.291. The summed E-state index contributed by atoms with van der Waals surface area (Å²) < 4.78 is 4.85. The maximum Gasteiger partial charge on any atom is 0.306 e. The number of carbonyl (C=O) groups is 2. The van der Waals surface area contributed by atoms with Crippen LogP contribution < -0.4 is 5.32 Å². The van der Waals surface area contributed by atoms with E-state index < -0.39 is 0 Å². The summed E-state index contributed by atoms with van der Waals surface area (Å²) in [5.41, 5.74) is 0.389. The molecule has 3 atom stereocenters. The van der Waals surface area contributed by atoms with Crippen LogP contribution in [0.2, 0.25) is 0 Å². The van der Waals surface area contributed by atoms with Crippen molar-refractivity contribution in [1.82, 2.24) is 5.32 Å². The molecule has 0 radical (unpaired) electrons. The molecule has 3 unspecified atom stereocenters. The van der Waals surface area contributed by atoms with E-state index in [2.05, 4.69) is 26.1 Å². The first-order valence-corrected chi connectivity index (χ1v) is 7.74. The summed E-state index contributed by atoms with van der Waals surface area (Å²) in [5, 5.41) is 3.19. The fraction of sp³-hybridized carbons (Fsp3) is 0.875. The molecule has 0 saturated heterocycles. The van der Waals surface area contributed by atoms with E-state index >= 15 is 0 Å². The zero-order chi connectivity index (χ0) is 15.0. The summed E-state index contributed by atoms with van der Waals surface area (Å²) in [4.78, 5) is 23.4. The van der Waals surface area contributed by atoms with Crippen molar-refractivity contribution in [3.8, 4) is 0 Å². The van der Waals surface area contributed by atoms with Crippen LogP contribution in [0, 0.1) is 16.7 Å². The lowest BCUT2D eigenvalue weighted by Gasteiger charge is -2.43. The molecule has 0 aromatic heterocycles. The van der Waals surface area contributed by atoms with Crippen molar-refractivity contribution >= 4 is 11.9 Å². The first kappa shape index (κ1) is 15.3. The molecule has 0 spiro atoms. The Bertz CT molecular complexity index is 400. The van der Waals surface area contributed by atoms with Gasteiger partial charge in [0.25, 0.3) is 0 Å². The molecule has 1 N–H and O–H groups in total. The highest BCUT2D eigenvalue weighted by Gasteiger charge is 2.59. The number of hydrogen-bond donors (Lipinski definition) is 1. The molecule has 2 saturated carbocycles. The van der Waals surface area contributed by atoms with E-state index in [-0.39, 0.29) is 41.6 Å². The van der Waals surface area contributed by atoms with Crippen LogP contribution in [0.4, 0.5) is 0 Å². The summed E-state index contributed by atoms with van der Waals surface area (Å²) in [5.74, 6) is 0.397. The lowest BCUT2D eigenvalue weighted by atomic mass is 9.68. The van der Waals surface area contributed by atoms with Gasteiger partial charge in [-0.1, -0.05) is 20.8 Å². The van der Waals surface area contributed by atoms with Crippen LogP contribution in [0.25, 0.3) is 0 Å². The van der Waals surface area contributed by atoms with Gasteiger partial charge in [0.05, 0.1) is 13.0 Å². The second kappa shape index (κ2) is 5.38. The molecule has 0 aromatic rings. The fourth-order valence-electron chi connectivity index (χ4n) is 4.34. The Morgan fingerprint density at radius 1 is 1.25 bits per heavy atom. The largest absolute Gasteiger partial charge is 0.466 e. The number of esters is 1. The van der Waals surface area contributed by atoms with Gasteiger partial charge in [-0.25, -0.2) is 0 Å². The Morgan fingerprint density at radius 2 is 1.95 bits per heavy atom. The number of fused-ring (bicyclic) bond motifs is 2. The molecule has 2 aliphatic carbocycles. The molecule has 2 fully saturated rings. The highest BCUT2D eigenvalue weighted by atomic mass is 16.5. The van der Waals surface area contributed by atoms with Gasteiger partial charge in [0.2, 0.25) is 5.91 Å². The van der Waals surface area contributed by atoms with Crippen LogP contribution in [-0.4, -0.2) is 24.5 Å². The third-order valence-corrected chi connectivity index (χ3v) is 5.44. The number of hydrogen-bond acceptors (Lipinski definition) is 3. The molecule has 4 nitrogen and oxygen atoms in total. The molecule has 2 aliphatic rings. The number of carbonyl (C=O) groups excluding carboxylic acids is 2. The van der Waals surface area contributed by atoms with E-state index in [1.807, 2.05) is 0 Å². The van der Waals surface area contributed by atoms with E-state index in [9.17, 15) is 9.59 Å². The summed E-state index contributed by atoms with van der Waals surface area (Å²) in [6.07, 6.45) is 4.09. The maximum absolute atomic E-state index is 12.1. The number of nitrogens with one attached hydrogen (secondary N) is 1. The molecule has 114 valence electrons. The molecular weight excluding hydrogens is 254 g/mol. The van der Waals surface area contributed by atoms with E-state index in [1.165, 1.54) is 19.3 Å². The van der Waals surface area contributed by atoms with Crippen molar-refractivity contribution < 1.29 is 14.3 Å². The molecular formula is C16H27NO3. The van der Waals surface area contributed by atoms with Gasteiger partial charge in [0.1, 0.15) is 0 Å². The van der Waals surface area contributed by atoms with Crippen LogP contribution in [0.1, 0.15) is 59.8 Å². The Labute approximate surface area is 121 Å². The van der Waals surface area contributed by atoms with Gasteiger partial charge in [0, 0.05) is 12.5 Å². The lowest BCUT2D eigenvalue weighted by Crippen LogP contribution is -2.52. The normalized spacial score (nSPS) is 34.0. The second-order valence-corrected chi connectivity index (χ2v) is 7.22. The van der Waals surface area contributed by atoms with Crippen LogP contribution in [0.3, 0.4) is 0 Å². The van der Waals surface area contributed by atoms with Gasteiger partial charge in [-0.15, -0.1) is 0 Å². The Kier molecular flexibility index (Phi) is 4.12. The summed E-state index contributed by atoms with van der Waals surface area (Å²) in [6, 6.07) is 0.225. The van der Waals surface area contributed by atoms with E-state index in [0.29, 0.717) is 12.5 Å². The fourth-order valence-corrected chi connectivity index (χ4v) is 4.34. The van der Waals surface area contributed by atoms with E-state index in [1.54, 1.807) is 6.92 Å². The minimum absolute atomic E-state index is 0.0232. The summed E-state index contributed by atoms with van der Waals surface area (Å²) in [6.45, 7) is 8.96. The van der Waals surface area contributed by atoms with E-state index in [0.717, 1.165) is 0 Å². The highest BCUT2D eigenvalue weighted by Crippen LogP contribution is 2.62. The number of rotatable bonds is 5. The predicted molar refractivity (Wildman–Crippen MR) is 77.0 cm³/mol. The lowest BCUT2D eigenvalue weighted by molar-refractivity contribution is -0.144. The van der Waals surface area contributed by atoms with Crippen LogP contribution >= 0.6 is 0 Å². The van der Waals surface area contributed by atoms with Gasteiger partial charge in [0.15, 0.2) is 0 Å². The molecule has 0 aromatic carbocycles. The zero-order valence-electron chi connectivity index (χ0n) is 13.1. The van der Waals surface area contributed by atoms with Gasteiger partial charge in [-0.3, -0.25) is 9.59 Å². The van der Waals surface area contributed by atoms with Gasteiger partial charge in [-0.05, 0) is 42.9 Å². The summed E-state index contributed by atoms with van der Waals surface area (Å²) >= 11 is 0. The van der Waals surface area contributed by atoms with Crippen molar-refractivity contribution in [3.05, 3.63) is 0 Å². The second-order valence-electron chi connectivity index (χ2n) is 7.22. The van der Waals surface area contributed by atoms with Crippen molar-refractivity contribution in [2.24, 2.45) is 16.7 Å². The number of amides is 1. The number of ether oxygens (including phenoxy) is 1. The zero-order valence-corrected chi connectivity index (χ0v) is 13.1. The quantitative estimate of drug-likeness (QED) is 0.788. The average Bonchev–Trinajstić information content (AvgIpc) is 2.84.